The molecule has 1 heterocycles. The lowest BCUT2D eigenvalue weighted by Crippen LogP contribution is -2.13. The molecule has 0 aliphatic carbocycles. The highest BCUT2D eigenvalue weighted by Gasteiger charge is 2.12. The fraction of sp³-hybridized carbons (Fsp3) is 0.357. The average molecular weight is 278 g/mol. The molecule has 0 radical (unpaired) electrons. The SMILES string of the molecule is CNC(C)c1ccc(OC)cc1OCc1nccs1. The van der Waals surface area contributed by atoms with Crippen molar-refractivity contribution in [3.8, 4) is 11.5 Å². The van der Waals surface area contributed by atoms with Crippen molar-refractivity contribution >= 4 is 11.3 Å². The Kier molecular flexibility index (Phi) is 4.76. The summed E-state index contributed by atoms with van der Waals surface area (Å²) in [6.07, 6.45) is 1.78. The van der Waals surface area contributed by atoms with E-state index in [-0.39, 0.29) is 6.04 Å². The first-order valence-electron chi connectivity index (χ1n) is 6.11. The molecule has 102 valence electrons. The van der Waals surface area contributed by atoms with Gasteiger partial charge in [-0.1, -0.05) is 6.07 Å². The molecule has 1 unspecified atom stereocenters. The van der Waals surface area contributed by atoms with Crippen molar-refractivity contribution in [1.82, 2.24) is 10.3 Å². The maximum Gasteiger partial charge on any atom is 0.140 e. The van der Waals surface area contributed by atoms with Crippen molar-refractivity contribution in [2.24, 2.45) is 0 Å². The van der Waals surface area contributed by atoms with Crippen LogP contribution in [0.4, 0.5) is 0 Å². The van der Waals surface area contributed by atoms with Gasteiger partial charge in [-0.05, 0) is 20.0 Å². The number of thiazole rings is 1. The van der Waals surface area contributed by atoms with Crippen LogP contribution in [-0.2, 0) is 6.61 Å². The summed E-state index contributed by atoms with van der Waals surface area (Å²) in [5, 5.41) is 6.13. The van der Waals surface area contributed by atoms with Crippen LogP contribution >= 0.6 is 11.3 Å². The largest absolute Gasteiger partial charge is 0.497 e. The Morgan fingerprint density at radius 2 is 2.26 bits per heavy atom. The van der Waals surface area contributed by atoms with Crippen molar-refractivity contribution in [2.75, 3.05) is 14.2 Å². The van der Waals surface area contributed by atoms with Gasteiger partial charge in [0.05, 0.1) is 7.11 Å². The molecule has 4 nitrogen and oxygen atoms in total. The van der Waals surface area contributed by atoms with E-state index in [0.717, 1.165) is 22.1 Å². The van der Waals surface area contributed by atoms with E-state index in [1.54, 1.807) is 24.6 Å². The molecule has 0 saturated carbocycles. The summed E-state index contributed by atoms with van der Waals surface area (Å²) in [5.41, 5.74) is 1.11. The van der Waals surface area contributed by atoms with Crippen molar-refractivity contribution in [3.05, 3.63) is 40.3 Å². The molecular weight excluding hydrogens is 260 g/mol. The topological polar surface area (TPSA) is 43.4 Å². The Balaban J connectivity index is 2.19. The molecule has 0 aliphatic heterocycles. The van der Waals surface area contributed by atoms with Gasteiger partial charge < -0.3 is 14.8 Å². The Morgan fingerprint density at radius 1 is 1.42 bits per heavy atom. The molecule has 0 aliphatic rings. The van der Waals surface area contributed by atoms with Gasteiger partial charge in [0.25, 0.3) is 0 Å². The van der Waals surface area contributed by atoms with Crippen LogP contribution in [0.3, 0.4) is 0 Å². The number of nitrogens with zero attached hydrogens (tertiary/aromatic N) is 1. The molecule has 2 aromatic rings. The highest BCUT2D eigenvalue weighted by Crippen LogP contribution is 2.30. The van der Waals surface area contributed by atoms with Crippen LogP contribution in [0.15, 0.2) is 29.8 Å². The highest BCUT2D eigenvalue weighted by molar-refractivity contribution is 7.09. The van der Waals surface area contributed by atoms with Gasteiger partial charge in [0.2, 0.25) is 0 Å². The zero-order valence-electron chi connectivity index (χ0n) is 11.3. The summed E-state index contributed by atoms with van der Waals surface area (Å²) < 4.78 is 11.1. The first-order chi connectivity index (χ1) is 9.24. The maximum absolute atomic E-state index is 5.87. The van der Waals surface area contributed by atoms with E-state index in [1.807, 2.05) is 30.6 Å². The van der Waals surface area contributed by atoms with Crippen LogP contribution in [0.2, 0.25) is 0 Å². The van der Waals surface area contributed by atoms with E-state index in [0.29, 0.717) is 6.61 Å². The Bertz CT molecular complexity index is 514. The predicted octanol–water partition coefficient (Wildman–Crippen LogP) is 3.01. The number of hydrogen-bond acceptors (Lipinski definition) is 5. The van der Waals surface area contributed by atoms with Gasteiger partial charge in [-0.25, -0.2) is 4.98 Å². The van der Waals surface area contributed by atoms with Gasteiger partial charge in [-0.2, -0.15) is 0 Å². The smallest absolute Gasteiger partial charge is 0.140 e. The number of hydrogen-bond donors (Lipinski definition) is 1. The number of aromatic nitrogens is 1. The van der Waals surface area contributed by atoms with Gasteiger partial charge >= 0.3 is 0 Å². The minimum atomic E-state index is 0.220. The fourth-order valence-electron chi connectivity index (χ4n) is 1.74. The van der Waals surface area contributed by atoms with Gasteiger partial charge in [0, 0.05) is 29.2 Å². The lowest BCUT2D eigenvalue weighted by atomic mass is 10.1. The van der Waals surface area contributed by atoms with Crippen molar-refractivity contribution < 1.29 is 9.47 Å². The van der Waals surface area contributed by atoms with Crippen LogP contribution in [0, 0.1) is 0 Å². The van der Waals surface area contributed by atoms with E-state index < -0.39 is 0 Å². The Hall–Kier alpha value is -1.59. The molecule has 19 heavy (non-hydrogen) atoms. The molecular formula is C14H18N2O2S. The molecule has 0 amide bonds. The second kappa shape index (κ2) is 6.54. The maximum atomic E-state index is 5.87. The van der Waals surface area contributed by atoms with E-state index in [4.69, 9.17) is 9.47 Å². The van der Waals surface area contributed by atoms with E-state index in [2.05, 4.69) is 17.2 Å². The molecule has 0 bridgehead atoms. The van der Waals surface area contributed by atoms with Crippen LogP contribution in [0.25, 0.3) is 0 Å². The van der Waals surface area contributed by atoms with Crippen LogP contribution < -0.4 is 14.8 Å². The second-order valence-corrected chi connectivity index (χ2v) is 5.11. The molecule has 1 aromatic heterocycles. The summed E-state index contributed by atoms with van der Waals surface area (Å²) in [7, 11) is 3.58. The second-order valence-electron chi connectivity index (χ2n) is 4.13. The summed E-state index contributed by atoms with van der Waals surface area (Å²) in [5.74, 6) is 1.62. The molecule has 1 atom stereocenters. The van der Waals surface area contributed by atoms with Crippen molar-refractivity contribution in [3.63, 3.8) is 0 Å². The molecule has 2 rings (SSSR count). The third-order valence-electron chi connectivity index (χ3n) is 2.95. The van der Waals surface area contributed by atoms with E-state index >= 15 is 0 Å². The fourth-order valence-corrected chi connectivity index (χ4v) is 2.27. The molecule has 0 spiro atoms. The van der Waals surface area contributed by atoms with Crippen LogP contribution in [-0.4, -0.2) is 19.1 Å². The summed E-state index contributed by atoms with van der Waals surface area (Å²) >= 11 is 1.59. The van der Waals surface area contributed by atoms with Gasteiger partial charge in [-0.15, -0.1) is 11.3 Å². The summed E-state index contributed by atoms with van der Waals surface area (Å²) in [6.45, 7) is 2.58. The minimum Gasteiger partial charge on any atom is -0.497 e. The summed E-state index contributed by atoms with van der Waals surface area (Å²) in [4.78, 5) is 4.22. The third kappa shape index (κ3) is 3.45. The summed E-state index contributed by atoms with van der Waals surface area (Å²) in [6, 6.07) is 6.10. The first kappa shape index (κ1) is 13.8. The minimum absolute atomic E-state index is 0.220. The number of rotatable bonds is 6. The van der Waals surface area contributed by atoms with Crippen LogP contribution in [0.5, 0.6) is 11.5 Å². The Morgan fingerprint density at radius 3 is 2.89 bits per heavy atom. The van der Waals surface area contributed by atoms with E-state index in [9.17, 15) is 0 Å². The number of ether oxygens (including phenoxy) is 2. The molecule has 0 fully saturated rings. The van der Waals surface area contributed by atoms with Gasteiger partial charge in [-0.3, -0.25) is 0 Å². The molecule has 5 heteroatoms. The lowest BCUT2D eigenvalue weighted by Gasteiger charge is -2.17. The average Bonchev–Trinajstić information content (AvgIpc) is 2.97. The Labute approximate surface area is 117 Å². The van der Waals surface area contributed by atoms with Gasteiger partial charge in [0.15, 0.2) is 0 Å². The quantitative estimate of drug-likeness (QED) is 0.882. The van der Waals surface area contributed by atoms with Crippen molar-refractivity contribution in [2.45, 2.75) is 19.6 Å². The van der Waals surface area contributed by atoms with E-state index in [1.165, 1.54) is 0 Å². The third-order valence-corrected chi connectivity index (χ3v) is 3.71. The van der Waals surface area contributed by atoms with Gasteiger partial charge in [0.1, 0.15) is 23.1 Å². The monoisotopic (exact) mass is 278 g/mol. The molecule has 0 saturated heterocycles. The van der Waals surface area contributed by atoms with Crippen molar-refractivity contribution in [1.29, 1.82) is 0 Å². The zero-order chi connectivity index (χ0) is 13.7. The zero-order valence-corrected chi connectivity index (χ0v) is 12.2. The standard InChI is InChI=1S/C14H18N2O2S/c1-10(15-2)12-5-4-11(17-3)8-13(12)18-9-14-16-6-7-19-14/h4-8,10,15H,9H2,1-3H3. The molecule has 1 aromatic carbocycles. The van der Waals surface area contributed by atoms with Crippen LogP contribution in [0.1, 0.15) is 23.5 Å². The highest BCUT2D eigenvalue weighted by atomic mass is 32.1. The first-order valence-corrected chi connectivity index (χ1v) is 6.99. The number of nitrogens with one attached hydrogen (secondary N) is 1. The molecule has 1 N–H and O–H groups in total. The normalized spacial score (nSPS) is 12.2. The predicted molar refractivity (Wildman–Crippen MR) is 76.9 cm³/mol. The lowest BCUT2D eigenvalue weighted by molar-refractivity contribution is 0.297. The number of methoxy groups -OCH3 is 1. The number of benzene rings is 1.